The number of nitrogen functional groups attached to an aromatic ring is 1. The van der Waals surface area contributed by atoms with Crippen molar-refractivity contribution in [1.82, 2.24) is 0 Å². The number of anilines is 2. The van der Waals surface area contributed by atoms with Crippen LogP contribution in [0, 0.1) is 5.82 Å². The Hall–Kier alpha value is -1.56. The normalized spacial score (nSPS) is 22.2. The van der Waals surface area contributed by atoms with Gasteiger partial charge in [-0.05, 0) is 18.2 Å². The Morgan fingerprint density at radius 3 is 2.81 bits per heavy atom. The molecule has 0 aliphatic carbocycles. The summed E-state index contributed by atoms with van der Waals surface area (Å²) < 4.78 is 35.2. The minimum absolute atomic E-state index is 0.0248. The topological polar surface area (TPSA) is 72.2 Å². The fraction of sp³-hybridized carbons (Fsp3) is 0.200. The number of sulfone groups is 1. The molecule has 6 heteroatoms. The summed E-state index contributed by atoms with van der Waals surface area (Å²) in [6.45, 7) is 0. The molecule has 1 atom stereocenters. The van der Waals surface area contributed by atoms with E-state index in [4.69, 9.17) is 5.73 Å². The van der Waals surface area contributed by atoms with Crippen LogP contribution >= 0.6 is 0 Å². The SMILES string of the molecule is Nc1ccc(F)cc1NC1C=CS(=O)(=O)C1. The van der Waals surface area contributed by atoms with Crippen molar-refractivity contribution in [3.8, 4) is 0 Å². The Morgan fingerprint density at radius 2 is 2.19 bits per heavy atom. The molecule has 1 heterocycles. The lowest BCUT2D eigenvalue weighted by Gasteiger charge is -2.13. The van der Waals surface area contributed by atoms with Crippen LogP contribution in [0.4, 0.5) is 15.8 Å². The van der Waals surface area contributed by atoms with Gasteiger partial charge in [-0.2, -0.15) is 0 Å². The Kier molecular flexibility index (Phi) is 2.59. The first-order valence-corrected chi connectivity index (χ1v) is 6.40. The number of rotatable bonds is 2. The molecule has 1 aliphatic rings. The summed E-state index contributed by atoms with van der Waals surface area (Å²) in [5, 5.41) is 4.03. The molecule has 0 fully saturated rings. The molecule has 0 amide bonds. The number of benzene rings is 1. The van der Waals surface area contributed by atoms with Crippen molar-refractivity contribution in [1.29, 1.82) is 0 Å². The van der Waals surface area contributed by atoms with Crippen LogP contribution in [0.25, 0.3) is 0 Å². The van der Waals surface area contributed by atoms with E-state index in [-0.39, 0.29) is 11.8 Å². The number of hydrogen-bond acceptors (Lipinski definition) is 4. The Labute approximate surface area is 92.9 Å². The summed E-state index contributed by atoms with van der Waals surface area (Å²) in [4.78, 5) is 0. The third-order valence-electron chi connectivity index (χ3n) is 2.29. The lowest BCUT2D eigenvalue weighted by atomic mass is 10.2. The van der Waals surface area contributed by atoms with Crippen LogP contribution in [0.1, 0.15) is 0 Å². The molecule has 0 aromatic heterocycles. The van der Waals surface area contributed by atoms with E-state index in [2.05, 4.69) is 5.32 Å². The molecule has 1 unspecified atom stereocenters. The van der Waals surface area contributed by atoms with Crippen LogP contribution < -0.4 is 11.1 Å². The van der Waals surface area contributed by atoms with Gasteiger partial charge >= 0.3 is 0 Å². The van der Waals surface area contributed by atoms with E-state index in [1.54, 1.807) is 0 Å². The summed E-state index contributed by atoms with van der Waals surface area (Å²) >= 11 is 0. The maximum atomic E-state index is 12.9. The number of halogens is 1. The molecule has 0 saturated carbocycles. The third kappa shape index (κ3) is 2.33. The van der Waals surface area contributed by atoms with E-state index >= 15 is 0 Å². The highest BCUT2D eigenvalue weighted by molar-refractivity contribution is 7.94. The second-order valence-electron chi connectivity index (χ2n) is 3.64. The Bertz CT molecular complexity index is 540. The highest BCUT2D eigenvalue weighted by Crippen LogP contribution is 2.22. The molecule has 86 valence electrons. The van der Waals surface area contributed by atoms with Crippen LogP contribution in [-0.4, -0.2) is 20.2 Å². The lowest BCUT2D eigenvalue weighted by molar-refractivity contribution is 0.605. The average molecular weight is 242 g/mol. The van der Waals surface area contributed by atoms with Crippen molar-refractivity contribution in [3.63, 3.8) is 0 Å². The summed E-state index contributed by atoms with van der Waals surface area (Å²) in [6, 6.07) is 3.58. The first-order chi connectivity index (χ1) is 7.46. The first-order valence-electron chi connectivity index (χ1n) is 4.69. The van der Waals surface area contributed by atoms with Gasteiger partial charge in [-0.15, -0.1) is 0 Å². The first kappa shape index (κ1) is 10.9. The summed E-state index contributed by atoms with van der Waals surface area (Å²) in [5.74, 6) is -0.440. The minimum atomic E-state index is -3.12. The van der Waals surface area contributed by atoms with E-state index in [1.165, 1.54) is 24.3 Å². The molecule has 2 rings (SSSR count). The molecule has 3 N–H and O–H groups in total. The van der Waals surface area contributed by atoms with E-state index in [0.717, 1.165) is 5.41 Å². The maximum absolute atomic E-state index is 12.9. The predicted molar refractivity (Wildman–Crippen MR) is 61.1 cm³/mol. The molecular formula is C10H11FN2O2S. The van der Waals surface area contributed by atoms with Crippen molar-refractivity contribution in [2.75, 3.05) is 16.8 Å². The standard InChI is InChI=1S/C10H11FN2O2S/c11-7-1-2-9(12)10(5-7)13-8-3-4-16(14,15)6-8/h1-5,8,13H,6,12H2. The van der Waals surface area contributed by atoms with Crippen LogP contribution in [0.5, 0.6) is 0 Å². The highest BCUT2D eigenvalue weighted by atomic mass is 32.2. The molecule has 0 saturated heterocycles. The van der Waals surface area contributed by atoms with Gasteiger partial charge in [-0.25, -0.2) is 12.8 Å². The van der Waals surface area contributed by atoms with Gasteiger partial charge in [-0.1, -0.05) is 6.08 Å². The average Bonchev–Trinajstić information content (AvgIpc) is 2.52. The van der Waals surface area contributed by atoms with E-state index in [1.807, 2.05) is 0 Å². The van der Waals surface area contributed by atoms with Gasteiger partial charge in [-0.3, -0.25) is 0 Å². The van der Waals surface area contributed by atoms with E-state index < -0.39 is 15.7 Å². The molecule has 4 nitrogen and oxygen atoms in total. The Morgan fingerprint density at radius 1 is 1.44 bits per heavy atom. The zero-order valence-electron chi connectivity index (χ0n) is 8.35. The summed E-state index contributed by atoms with van der Waals surface area (Å²) in [5.41, 5.74) is 6.43. The second-order valence-corrected chi connectivity index (χ2v) is 5.57. The van der Waals surface area contributed by atoms with Gasteiger partial charge in [0, 0.05) is 5.41 Å². The van der Waals surface area contributed by atoms with Crippen LogP contribution in [0.3, 0.4) is 0 Å². The molecular weight excluding hydrogens is 231 g/mol. The van der Waals surface area contributed by atoms with Crippen molar-refractivity contribution in [3.05, 3.63) is 35.5 Å². The smallest absolute Gasteiger partial charge is 0.173 e. The van der Waals surface area contributed by atoms with Crippen LogP contribution in [0.15, 0.2) is 29.7 Å². The lowest BCUT2D eigenvalue weighted by Crippen LogP contribution is -2.21. The molecule has 1 aromatic carbocycles. The Balaban J connectivity index is 2.17. The summed E-state index contributed by atoms with van der Waals surface area (Å²) in [7, 11) is -3.12. The predicted octanol–water partition coefficient (Wildman–Crippen LogP) is 1.13. The van der Waals surface area contributed by atoms with E-state index in [9.17, 15) is 12.8 Å². The van der Waals surface area contributed by atoms with Gasteiger partial charge in [0.05, 0.1) is 23.2 Å². The second kappa shape index (κ2) is 3.79. The summed E-state index contributed by atoms with van der Waals surface area (Å²) in [6.07, 6.45) is 1.53. The van der Waals surface area contributed by atoms with Gasteiger partial charge in [0.25, 0.3) is 0 Å². The largest absolute Gasteiger partial charge is 0.397 e. The van der Waals surface area contributed by atoms with Crippen LogP contribution in [-0.2, 0) is 9.84 Å². The third-order valence-corrected chi connectivity index (χ3v) is 3.68. The van der Waals surface area contributed by atoms with Gasteiger partial charge in [0.2, 0.25) is 0 Å². The van der Waals surface area contributed by atoms with Crippen molar-refractivity contribution in [2.24, 2.45) is 0 Å². The molecule has 0 radical (unpaired) electrons. The highest BCUT2D eigenvalue weighted by Gasteiger charge is 2.21. The molecule has 0 bridgehead atoms. The molecule has 16 heavy (non-hydrogen) atoms. The van der Waals surface area contributed by atoms with Crippen molar-refractivity contribution >= 4 is 21.2 Å². The zero-order chi connectivity index (χ0) is 11.8. The number of hydrogen-bond donors (Lipinski definition) is 2. The molecule has 0 spiro atoms. The van der Waals surface area contributed by atoms with Gasteiger partial charge < -0.3 is 11.1 Å². The van der Waals surface area contributed by atoms with E-state index in [0.29, 0.717) is 11.4 Å². The molecule has 1 aromatic rings. The zero-order valence-corrected chi connectivity index (χ0v) is 9.17. The van der Waals surface area contributed by atoms with Gasteiger partial charge in [0.15, 0.2) is 9.84 Å². The van der Waals surface area contributed by atoms with Gasteiger partial charge in [0.1, 0.15) is 5.82 Å². The van der Waals surface area contributed by atoms with Crippen molar-refractivity contribution < 1.29 is 12.8 Å². The number of nitrogens with two attached hydrogens (primary N) is 1. The fourth-order valence-corrected chi connectivity index (χ4v) is 2.75. The molecule has 1 aliphatic heterocycles. The maximum Gasteiger partial charge on any atom is 0.173 e. The van der Waals surface area contributed by atoms with Crippen molar-refractivity contribution in [2.45, 2.75) is 6.04 Å². The minimum Gasteiger partial charge on any atom is -0.397 e. The quantitative estimate of drug-likeness (QED) is 0.762. The fourth-order valence-electron chi connectivity index (χ4n) is 1.52. The number of nitrogens with one attached hydrogen (secondary N) is 1. The van der Waals surface area contributed by atoms with Crippen LogP contribution in [0.2, 0.25) is 0 Å². The monoisotopic (exact) mass is 242 g/mol.